The lowest BCUT2D eigenvalue weighted by Crippen LogP contribution is -2.00. The molecule has 3 aromatic heterocycles. The normalized spacial score (nSPS) is 14.5. The Bertz CT molecular complexity index is 1670. The number of fused-ring (bicyclic) bond motifs is 6. The summed E-state index contributed by atoms with van der Waals surface area (Å²) in [5.74, 6) is 0. The maximum atomic E-state index is 2.48. The number of aromatic nitrogens is 2. The highest BCUT2D eigenvalue weighted by Gasteiger charge is 2.19. The predicted octanol–water partition coefficient (Wildman–Crippen LogP) is 8.00. The first-order valence-electron chi connectivity index (χ1n) is 11.4. The average Bonchev–Trinajstić information content (AvgIpc) is 3.51. The van der Waals surface area contributed by atoms with E-state index in [1.54, 1.807) is 0 Å². The van der Waals surface area contributed by atoms with Gasteiger partial charge in [0, 0.05) is 28.3 Å². The monoisotopic (exact) mass is 442 g/mol. The van der Waals surface area contributed by atoms with Crippen LogP contribution in [-0.2, 0) is 12.8 Å². The van der Waals surface area contributed by atoms with Crippen molar-refractivity contribution >= 4 is 44.0 Å². The topological polar surface area (TPSA) is 9.86 Å². The second-order valence-corrected chi connectivity index (χ2v) is 9.56. The van der Waals surface area contributed by atoms with E-state index in [9.17, 15) is 0 Å². The van der Waals surface area contributed by atoms with Crippen molar-refractivity contribution in [3.8, 4) is 10.0 Å². The summed E-state index contributed by atoms with van der Waals surface area (Å²) in [7, 11) is 0. The summed E-state index contributed by atoms with van der Waals surface area (Å²) in [5.41, 5.74) is 6.65. The minimum absolute atomic E-state index is 0.941. The summed E-state index contributed by atoms with van der Waals surface area (Å²) in [4.78, 5) is 0. The van der Waals surface area contributed by atoms with Crippen LogP contribution in [0.2, 0.25) is 0 Å². The summed E-state index contributed by atoms with van der Waals surface area (Å²) < 4.78 is 4.90. The van der Waals surface area contributed by atoms with E-state index in [1.165, 1.54) is 54.0 Å². The zero-order valence-electron chi connectivity index (χ0n) is 18.1. The number of hydrogen-bond acceptors (Lipinski definition) is 1. The van der Waals surface area contributed by atoms with E-state index in [-0.39, 0.29) is 0 Å². The Morgan fingerprint density at radius 2 is 1.03 bits per heavy atom. The molecule has 2 nitrogen and oxygen atoms in total. The standard InChI is InChI=1S/C30H22N2S/c1-2-4-15-25-21(11-3-1)22-12-5-8-16-26(22)31(25)29-19-20-30(33-29)32-27-17-9-6-13-23(27)24-14-7-10-18-28(24)32/h1-10,12-14,16-20H,11,15H2/b3-1-,4-2?. The van der Waals surface area contributed by atoms with Gasteiger partial charge in [0.1, 0.15) is 10.0 Å². The molecule has 7 rings (SSSR count). The summed E-state index contributed by atoms with van der Waals surface area (Å²) in [6.45, 7) is 0. The fourth-order valence-electron chi connectivity index (χ4n) is 5.29. The molecular formula is C30H22N2S. The van der Waals surface area contributed by atoms with E-state index in [4.69, 9.17) is 0 Å². The van der Waals surface area contributed by atoms with E-state index in [1.807, 2.05) is 11.3 Å². The van der Waals surface area contributed by atoms with Crippen LogP contribution in [0, 0.1) is 0 Å². The molecule has 3 heterocycles. The van der Waals surface area contributed by atoms with Gasteiger partial charge in [0.15, 0.2) is 0 Å². The number of allylic oxidation sites excluding steroid dienone is 4. The van der Waals surface area contributed by atoms with Gasteiger partial charge >= 0.3 is 0 Å². The summed E-state index contributed by atoms with van der Waals surface area (Å²) in [6, 6.07) is 30.8. The van der Waals surface area contributed by atoms with Crippen molar-refractivity contribution in [2.24, 2.45) is 0 Å². The molecule has 0 saturated heterocycles. The summed E-state index contributed by atoms with van der Waals surface area (Å²) in [5, 5.41) is 6.48. The minimum atomic E-state index is 0.941. The molecule has 3 aromatic carbocycles. The summed E-state index contributed by atoms with van der Waals surface area (Å²) >= 11 is 1.86. The fourth-order valence-corrected chi connectivity index (χ4v) is 6.37. The van der Waals surface area contributed by atoms with Crippen LogP contribution < -0.4 is 0 Å². The third kappa shape index (κ3) is 2.79. The van der Waals surface area contributed by atoms with Crippen molar-refractivity contribution in [3.63, 3.8) is 0 Å². The molecular weight excluding hydrogens is 420 g/mol. The number of thiophene rings is 1. The molecule has 0 atom stereocenters. The Morgan fingerprint density at radius 3 is 1.70 bits per heavy atom. The quantitative estimate of drug-likeness (QED) is 0.257. The number of hydrogen-bond donors (Lipinski definition) is 0. The second-order valence-electron chi connectivity index (χ2n) is 8.52. The Hall–Kier alpha value is -3.82. The highest BCUT2D eigenvalue weighted by Crippen LogP contribution is 2.38. The third-order valence-electron chi connectivity index (χ3n) is 6.70. The molecule has 0 radical (unpaired) electrons. The Morgan fingerprint density at radius 1 is 0.515 bits per heavy atom. The first-order chi connectivity index (χ1) is 16.4. The maximum Gasteiger partial charge on any atom is 0.102 e. The third-order valence-corrected chi connectivity index (χ3v) is 7.76. The molecule has 33 heavy (non-hydrogen) atoms. The molecule has 1 aliphatic rings. The minimum Gasteiger partial charge on any atom is -0.304 e. The first kappa shape index (κ1) is 18.7. The predicted molar refractivity (Wildman–Crippen MR) is 141 cm³/mol. The molecule has 158 valence electrons. The Balaban J connectivity index is 1.48. The van der Waals surface area contributed by atoms with Crippen molar-refractivity contribution < 1.29 is 0 Å². The lowest BCUT2D eigenvalue weighted by atomic mass is 10.0. The van der Waals surface area contributed by atoms with Gasteiger partial charge in [-0.2, -0.15) is 0 Å². The van der Waals surface area contributed by atoms with Gasteiger partial charge in [0.25, 0.3) is 0 Å². The second kappa shape index (κ2) is 7.36. The van der Waals surface area contributed by atoms with Gasteiger partial charge in [0.05, 0.1) is 16.6 Å². The maximum absolute atomic E-state index is 2.48. The van der Waals surface area contributed by atoms with Crippen LogP contribution in [0.25, 0.3) is 42.7 Å². The van der Waals surface area contributed by atoms with Crippen LogP contribution >= 0.6 is 11.3 Å². The zero-order chi connectivity index (χ0) is 21.8. The SMILES string of the molecule is C1=CCc2c(c3ccccc3n2-c2ccc(-n3c4ccccc4c4ccccc43)s2)C/C=C\1. The van der Waals surface area contributed by atoms with Gasteiger partial charge in [-0.05, 0) is 42.3 Å². The lowest BCUT2D eigenvalue weighted by Gasteiger charge is -2.10. The Kier molecular flexibility index (Phi) is 4.18. The molecule has 0 spiro atoms. The van der Waals surface area contributed by atoms with Crippen LogP contribution in [0.15, 0.2) is 109 Å². The molecule has 0 saturated carbocycles. The van der Waals surface area contributed by atoms with Crippen molar-refractivity contribution in [1.29, 1.82) is 0 Å². The average molecular weight is 443 g/mol. The highest BCUT2D eigenvalue weighted by atomic mass is 32.1. The molecule has 0 aliphatic heterocycles. The number of rotatable bonds is 2. The smallest absolute Gasteiger partial charge is 0.102 e. The van der Waals surface area contributed by atoms with Gasteiger partial charge < -0.3 is 9.13 Å². The van der Waals surface area contributed by atoms with Crippen molar-refractivity contribution in [2.45, 2.75) is 12.8 Å². The summed E-state index contributed by atoms with van der Waals surface area (Å²) in [6.07, 6.45) is 10.8. The van der Waals surface area contributed by atoms with E-state index < -0.39 is 0 Å². The van der Waals surface area contributed by atoms with Gasteiger partial charge in [-0.1, -0.05) is 90.2 Å². The van der Waals surface area contributed by atoms with Crippen LogP contribution in [0.5, 0.6) is 0 Å². The fraction of sp³-hybridized carbons (Fsp3) is 0.0667. The molecule has 0 fully saturated rings. The lowest BCUT2D eigenvalue weighted by molar-refractivity contribution is 0.990. The van der Waals surface area contributed by atoms with Gasteiger partial charge in [-0.15, -0.1) is 0 Å². The van der Waals surface area contributed by atoms with Gasteiger partial charge in [-0.3, -0.25) is 0 Å². The number of benzene rings is 3. The van der Waals surface area contributed by atoms with Crippen LogP contribution in [0.3, 0.4) is 0 Å². The van der Waals surface area contributed by atoms with E-state index in [0.717, 1.165) is 12.8 Å². The van der Waals surface area contributed by atoms with E-state index in [0.29, 0.717) is 0 Å². The van der Waals surface area contributed by atoms with Crippen LogP contribution in [-0.4, -0.2) is 9.13 Å². The molecule has 0 N–H and O–H groups in total. The first-order valence-corrected chi connectivity index (χ1v) is 12.2. The van der Waals surface area contributed by atoms with Crippen LogP contribution in [0.4, 0.5) is 0 Å². The van der Waals surface area contributed by atoms with Crippen molar-refractivity contribution in [3.05, 3.63) is 120 Å². The van der Waals surface area contributed by atoms with Crippen molar-refractivity contribution in [2.75, 3.05) is 0 Å². The van der Waals surface area contributed by atoms with Gasteiger partial charge in [0.2, 0.25) is 0 Å². The number of nitrogens with zero attached hydrogens (tertiary/aromatic N) is 2. The Labute approximate surface area is 196 Å². The molecule has 0 bridgehead atoms. The van der Waals surface area contributed by atoms with E-state index in [2.05, 4.69) is 118 Å². The molecule has 3 heteroatoms. The van der Waals surface area contributed by atoms with Crippen molar-refractivity contribution in [1.82, 2.24) is 9.13 Å². The largest absolute Gasteiger partial charge is 0.304 e. The molecule has 1 aliphatic carbocycles. The zero-order valence-corrected chi connectivity index (χ0v) is 18.9. The molecule has 0 unspecified atom stereocenters. The highest BCUT2D eigenvalue weighted by molar-refractivity contribution is 7.17. The van der Waals surface area contributed by atoms with Crippen LogP contribution in [0.1, 0.15) is 11.3 Å². The molecule has 6 aromatic rings. The molecule has 0 amide bonds. The number of para-hydroxylation sites is 3. The van der Waals surface area contributed by atoms with Gasteiger partial charge in [-0.25, -0.2) is 0 Å². The van der Waals surface area contributed by atoms with E-state index >= 15 is 0 Å².